The standard InChI is InChI=1S/C14H15N5S/c1-10-12(9-16-19(10)2)8-15-14-17-13(18-20-14)11-6-4-3-5-7-11/h3-7,9H,8H2,1-2H3,(H,15,17,18). The number of aromatic nitrogens is 4. The molecule has 3 aromatic rings. The quantitative estimate of drug-likeness (QED) is 0.801. The number of nitrogens with one attached hydrogen (secondary N) is 1. The Morgan fingerprint density at radius 1 is 1.25 bits per heavy atom. The van der Waals surface area contributed by atoms with E-state index in [1.165, 1.54) is 17.1 Å². The summed E-state index contributed by atoms with van der Waals surface area (Å²) in [5.41, 5.74) is 3.36. The van der Waals surface area contributed by atoms with Gasteiger partial charge in [-0.3, -0.25) is 4.68 Å². The Kier molecular flexibility index (Phi) is 3.47. The van der Waals surface area contributed by atoms with Crippen molar-refractivity contribution in [3.63, 3.8) is 0 Å². The second-order valence-electron chi connectivity index (χ2n) is 4.52. The zero-order valence-electron chi connectivity index (χ0n) is 11.4. The van der Waals surface area contributed by atoms with Gasteiger partial charge in [0.1, 0.15) is 0 Å². The van der Waals surface area contributed by atoms with E-state index in [2.05, 4.69) is 26.7 Å². The maximum Gasteiger partial charge on any atom is 0.203 e. The van der Waals surface area contributed by atoms with Gasteiger partial charge in [0.15, 0.2) is 5.82 Å². The van der Waals surface area contributed by atoms with Crippen LogP contribution in [-0.2, 0) is 13.6 Å². The van der Waals surface area contributed by atoms with Crippen LogP contribution in [0.1, 0.15) is 11.3 Å². The predicted molar refractivity (Wildman–Crippen MR) is 80.6 cm³/mol. The monoisotopic (exact) mass is 285 g/mol. The summed E-state index contributed by atoms with van der Waals surface area (Å²) in [5, 5.41) is 8.35. The summed E-state index contributed by atoms with van der Waals surface area (Å²) in [4.78, 5) is 4.50. The number of hydrogen-bond donors (Lipinski definition) is 1. The Morgan fingerprint density at radius 2 is 2.05 bits per heavy atom. The molecule has 0 saturated heterocycles. The maximum absolute atomic E-state index is 4.50. The third kappa shape index (κ3) is 2.55. The zero-order valence-corrected chi connectivity index (χ0v) is 12.2. The molecule has 0 aliphatic rings. The number of rotatable bonds is 4. The van der Waals surface area contributed by atoms with E-state index in [4.69, 9.17) is 0 Å². The van der Waals surface area contributed by atoms with Gasteiger partial charge in [0.05, 0.1) is 6.20 Å². The molecule has 0 aliphatic carbocycles. The molecule has 102 valence electrons. The highest BCUT2D eigenvalue weighted by molar-refractivity contribution is 7.09. The first kappa shape index (κ1) is 12.8. The van der Waals surface area contributed by atoms with Gasteiger partial charge in [-0.05, 0) is 6.92 Å². The molecule has 0 bridgehead atoms. The molecule has 20 heavy (non-hydrogen) atoms. The average Bonchev–Trinajstić information content (AvgIpc) is 3.07. The Hall–Kier alpha value is -2.21. The fraction of sp³-hybridized carbons (Fsp3) is 0.214. The topological polar surface area (TPSA) is 55.6 Å². The fourth-order valence-corrected chi connectivity index (χ4v) is 2.47. The second-order valence-corrected chi connectivity index (χ2v) is 5.27. The molecule has 0 saturated carbocycles. The van der Waals surface area contributed by atoms with Crippen LogP contribution in [0.4, 0.5) is 5.13 Å². The first-order valence-electron chi connectivity index (χ1n) is 6.34. The Balaban J connectivity index is 1.70. The lowest BCUT2D eigenvalue weighted by Crippen LogP contribution is -2.01. The van der Waals surface area contributed by atoms with Crippen LogP contribution in [0, 0.1) is 6.92 Å². The van der Waals surface area contributed by atoms with E-state index in [0.29, 0.717) is 6.54 Å². The minimum atomic E-state index is 0.711. The molecule has 1 aromatic carbocycles. The minimum absolute atomic E-state index is 0.711. The van der Waals surface area contributed by atoms with E-state index in [1.54, 1.807) is 0 Å². The van der Waals surface area contributed by atoms with Gasteiger partial charge in [-0.25, -0.2) is 0 Å². The van der Waals surface area contributed by atoms with E-state index in [9.17, 15) is 0 Å². The molecule has 1 N–H and O–H groups in total. The summed E-state index contributed by atoms with van der Waals surface area (Å²) in [5.74, 6) is 0.765. The average molecular weight is 285 g/mol. The summed E-state index contributed by atoms with van der Waals surface area (Å²) in [6, 6.07) is 9.99. The van der Waals surface area contributed by atoms with Gasteiger partial charge in [-0.1, -0.05) is 30.3 Å². The molecule has 6 heteroatoms. The van der Waals surface area contributed by atoms with Crippen molar-refractivity contribution in [1.82, 2.24) is 19.1 Å². The van der Waals surface area contributed by atoms with Crippen molar-refractivity contribution in [3.8, 4) is 11.4 Å². The van der Waals surface area contributed by atoms with E-state index >= 15 is 0 Å². The molecular weight excluding hydrogens is 270 g/mol. The summed E-state index contributed by atoms with van der Waals surface area (Å²) in [6.45, 7) is 2.77. The summed E-state index contributed by atoms with van der Waals surface area (Å²) in [7, 11) is 1.94. The van der Waals surface area contributed by atoms with E-state index in [-0.39, 0.29) is 0 Å². The summed E-state index contributed by atoms with van der Waals surface area (Å²) >= 11 is 1.38. The van der Waals surface area contributed by atoms with E-state index < -0.39 is 0 Å². The number of benzene rings is 1. The van der Waals surface area contributed by atoms with Crippen LogP contribution in [0.15, 0.2) is 36.5 Å². The molecule has 5 nitrogen and oxygen atoms in total. The molecule has 0 aliphatic heterocycles. The van der Waals surface area contributed by atoms with Gasteiger partial charge in [0, 0.05) is 41.9 Å². The van der Waals surface area contributed by atoms with Crippen LogP contribution in [0.2, 0.25) is 0 Å². The van der Waals surface area contributed by atoms with Crippen molar-refractivity contribution in [3.05, 3.63) is 47.8 Å². The van der Waals surface area contributed by atoms with Gasteiger partial charge < -0.3 is 5.32 Å². The van der Waals surface area contributed by atoms with Crippen molar-refractivity contribution in [2.24, 2.45) is 7.05 Å². The van der Waals surface area contributed by atoms with Crippen molar-refractivity contribution in [2.75, 3.05) is 5.32 Å². The number of anilines is 1. The molecule has 0 fully saturated rings. The highest BCUT2D eigenvalue weighted by Crippen LogP contribution is 2.21. The van der Waals surface area contributed by atoms with Gasteiger partial charge in [-0.15, -0.1) is 0 Å². The van der Waals surface area contributed by atoms with Crippen molar-refractivity contribution in [1.29, 1.82) is 0 Å². The highest BCUT2D eigenvalue weighted by Gasteiger charge is 2.07. The first-order chi connectivity index (χ1) is 9.74. The number of aryl methyl sites for hydroxylation is 1. The molecule has 2 heterocycles. The van der Waals surface area contributed by atoms with Crippen LogP contribution in [0.3, 0.4) is 0 Å². The van der Waals surface area contributed by atoms with E-state index in [0.717, 1.165) is 22.2 Å². The Bertz CT molecular complexity index is 701. The molecule has 0 amide bonds. The van der Waals surface area contributed by atoms with Crippen LogP contribution in [0.25, 0.3) is 11.4 Å². The third-order valence-corrected chi connectivity index (χ3v) is 3.90. The predicted octanol–water partition coefficient (Wildman–Crippen LogP) is 2.86. The molecular formula is C14H15N5S. The third-order valence-electron chi connectivity index (χ3n) is 3.22. The molecule has 0 unspecified atom stereocenters. The summed E-state index contributed by atoms with van der Waals surface area (Å²) in [6.07, 6.45) is 1.88. The van der Waals surface area contributed by atoms with Crippen molar-refractivity contribution < 1.29 is 0 Å². The molecule has 0 radical (unpaired) electrons. The number of nitrogens with zero attached hydrogens (tertiary/aromatic N) is 4. The SMILES string of the molecule is Cc1c(CNc2nc(-c3ccccc3)ns2)cnn1C. The Morgan fingerprint density at radius 3 is 2.75 bits per heavy atom. The second kappa shape index (κ2) is 5.42. The number of hydrogen-bond acceptors (Lipinski definition) is 5. The van der Waals surface area contributed by atoms with Crippen LogP contribution >= 0.6 is 11.5 Å². The maximum atomic E-state index is 4.50. The zero-order chi connectivity index (χ0) is 13.9. The lowest BCUT2D eigenvalue weighted by Gasteiger charge is -2.01. The fourth-order valence-electron chi connectivity index (χ4n) is 1.89. The van der Waals surface area contributed by atoms with Crippen LogP contribution in [-0.4, -0.2) is 19.1 Å². The molecule has 3 rings (SSSR count). The Labute approximate surface area is 121 Å². The first-order valence-corrected chi connectivity index (χ1v) is 7.12. The molecule has 0 spiro atoms. The summed E-state index contributed by atoms with van der Waals surface area (Å²) < 4.78 is 6.24. The van der Waals surface area contributed by atoms with Crippen LogP contribution in [0.5, 0.6) is 0 Å². The molecule has 0 atom stereocenters. The largest absolute Gasteiger partial charge is 0.356 e. The highest BCUT2D eigenvalue weighted by atomic mass is 32.1. The minimum Gasteiger partial charge on any atom is -0.356 e. The van der Waals surface area contributed by atoms with Gasteiger partial charge >= 0.3 is 0 Å². The van der Waals surface area contributed by atoms with Gasteiger partial charge in [0.2, 0.25) is 5.13 Å². The van der Waals surface area contributed by atoms with Gasteiger partial charge in [0.25, 0.3) is 0 Å². The van der Waals surface area contributed by atoms with Gasteiger partial charge in [-0.2, -0.15) is 14.5 Å². The lowest BCUT2D eigenvalue weighted by molar-refractivity contribution is 0.738. The normalized spacial score (nSPS) is 10.7. The van der Waals surface area contributed by atoms with E-state index in [1.807, 2.05) is 48.3 Å². The van der Waals surface area contributed by atoms with Crippen molar-refractivity contribution in [2.45, 2.75) is 13.5 Å². The smallest absolute Gasteiger partial charge is 0.203 e. The van der Waals surface area contributed by atoms with Crippen molar-refractivity contribution >= 4 is 16.7 Å². The molecule has 2 aromatic heterocycles. The lowest BCUT2D eigenvalue weighted by atomic mass is 10.2. The van der Waals surface area contributed by atoms with Crippen LogP contribution < -0.4 is 5.32 Å².